The van der Waals surface area contributed by atoms with E-state index < -0.39 is 0 Å². The molecule has 3 rings (SSSR count). The predicted octanol–water partition coefficient (Wildman–Crippen LogP) is 3.58. The molecule has 1 N–H and O–H groups in total. The number of fused-ring (bicyclic) bond motifs is 1. The molecule has 0 radical (unpaired) electrons. The molecule has 2 heteroatoms. The van der Waals surface area contributed by atoms with Gasteiger partial charge in [0, 0.05) is 12.5 Å². The number of aryl methyl sites for hydroxylation is 1. The van der Waals surface area contributed by atoms with Crippen LogP contribution in [-0.2, 0) is 12.8 Å². The smallest absolute Gasteiger partial charge is 0.122 e. The van der Waals surface area contributed by atoms with Gasteiger partial charge in [0.15, 0.2) is 0 Å². The summed E-state index contributed by atoms with van der Waals surface area (Å²) >= 11 is 0. The Bertz CT molecular complexity index is 453. The lowest BCUT2D eigenvalue weighted by molar-refractivity contribution is 0.330. The Labute approximate surface area is 122 Å². The monoisotopic (exact) mass is 273 g/mol. The van der Waals surface area contributed by atoms with Crippen LogP contribution in [0.25, 0.3) is 0 Å². The van der Waals surface area contributed by atoms with Crippen LogP contribution >= 0.6 is 0 Å². The average molecular weight is 273 g/mol. The average Bonchev–Trinajstić information content (AvgIpc) is 3.21. The van der Waals surface area contributed by atoms with Crippen molar-refractivity contribution < 1.29 is 4.74 Å². The van der Waals surface area contributed by atoms with Crippen LogP contribution < -0.4 is 10.1 Å². The maximum absolute atomic E-state index is 5.58. The maximum atomic E-state index is 5.58. The summed E-state index contributed by atoms with van der Waals surface area (Å²) in [4.78, 5) is 0. The van der Waals surface area contributed by atoms with Gasteiger partial charge in [0.25, 0.3) is 0 Å². The van der Waals surface area contributed by atoms with Crippen LogP contribution in [0.3, 0.4) is 0 Å². The summed E-state index contributed by atoms with van der Waals surface area (Å²) in [5, 5.41) is 3.70. The fraction of sp³-hybridized carbons (Fsp3) is 0.667. The molecule has 2 aliphatic rings. The first-order valence-corrected chi connectivity index (χ1v) is 8.26. The summed E-state index contributed by atoms with van der Waals surface area (Å²) in [6.07, 6.45) is 6.41. The quantitative estimate of drug-likeness (QED) is 0.820. The largest absolute Gasteiger partial charge is 0.493 e. The van der Waals surface area contributed by atoms with Gasteiger partial charge in [0.1, 0.15) is 5.75 Å². The number of rotatable bonds is 7. The van der Waals surface area contributed by atoms with Crippen molar-refractivity contribution in [1.82, 2.24) is 5.32 Å². The van der Waals surface area contributed by atoms with Gasteiger partial charge >= 0.3 is 0 Å². The minimum absolute atomic E-state index is 0.678. The fourth-order valence-electron chi connectivity index (χ4n) is 3.48. The number of ether oxygens (including phenoxy) is 1. The number of nitrogens with one attached hydrogen (secondary N) is 1. The van der Waals surface area contributed by atoms with E-state index in [1.54, 1.807) is 0 Å². The number of benzene rings is 1. The van der Waals surface area contributed by atoms with Crippen molar-refractivity contribution in [2.24, 2.45) is 11.8 Å². The van der Waals surface area contributed by atoms with Gasteiger partial charge in [-0.15, -0.1) is 0 Å². The third kappa shape index (κ3) is 3.17. The number of hydrogen-bond acceptors (Lipinski definition) is 2. The molecule has 0 bridgehead atoms. The van der Waals surface area contributed by atoms with Gasteiger partial charge in [0.05, 0.1) is 6.61 Å². The van der Waals surface area contributed by atoms with Crippen molar-refractivity contribution in [3.63, 3.8) is 0 Å². The van der Waals surface area contributed by atoms with E-state index in [2.05, 4.69) is 37.4 Å². The van der Waals surface area contributed by atoms with Crippen molar-refractivity contribution in [3.05, 3.63) is 29.3 Å². The Morgan fingerprint density at radius 3 is 2.95 bits per heavy atom. The first-order chi connectivity index (χ1) is 9.78. The molecule has 0 amide bonds. The molecule has 1 aliphatic heterocycles. The fourth-order valence-corrected chi connectivity index (χ4v) is 3.48. The second-order valence-electron chi connectivity index (χ2n) is 6.44. The van der Waals surface area contributed by atoms with Crippen LogP contribution in [0, 0.1) is 11.8 Å². The molecule has 1 aromatic carbocycles. The van der Waals surface area contributed by atoms with E-state index in [4.69, 9.17) is 4.74 Å². The third-order valence-corrected chi connectivity index (χ3v) is 4.96. The second kappa shape index (κ2) is 6.17. The van der Waals surface area contributed by atoms with Gasteiger partial charge < -0.3 is 10.1 Å². The standard InChI is InChI=1S/C18H27NO/c1-3-19-17(13(2)15-6-7-15)8-4-14-5-9-18-16(12-14)10-11-20-18/h5,9,12-13,15,17,19H,3-4,6-8,10-11H2,1-2H3. The third-order valence-electron chi connectivity index (χ3n) is 4.96. The lowest BCUT2D eigenvalue weighted by Gasteiger charge is -2.25. The molecule has 2 nitrogen and oxygen atoms in total. The molecule has 1 aliphatic carbocycles. The van der Waals surface area contributed by atoms with Crippen molar-refractivity contribution >= 4 is 0 Å². The van der Waals surface area contributed by atoms with E-state index in [1.165, 1.54) is 36.8 Å². The molecule has 1 heterocycles. The molecule has 1 fully saturated rings. The van der Waals surface area contributed by atoms with Crippen LogP contribution in [-0.4, -0.2) is 19.2 Å². The molecule has 0 saturated heterocycles. The van der Waals surface area contributed by atoms with E-state index >= 15 is 0 Å². The summed E-state index contributed by atoms with van der Waals surface area (Å²) in [7, 11) is 0. The van der Waals surface area contributed by atoms with Crippen LogP contribution in [0.1, 0.15) is 44.2 Å². The highest BCUT2D eigenvalue weighted by atomic mass is 16.5. The first-order valence-electron chi connectivity index (χ1n) is 8.26. The summed E-state index contributed by atoms with van der Waals surface area (Å²) < 4.78 is 5.58. The molecule has 1 aromatic rings. The molecule has 0 spiro atoms. The second-order valence-corrected chi connectivity index (χ2v) is 6.44. The Morgan fingerprint density at radius 2 is 2.20 bits per heavy atom. The highest BCUT2D eigenvalue weighted by molar-refractivity contribution is 5.39. The lowest BCUT2D eigenvalue weighted by Crippen LogP contribution is -2.36. The highest BCUT2D eigenvalue weighted by Crippen LogP contribution is 2.39. The molecular weight excluding hydrogens is 246 g/mol. The molecule has 110 valence electrons. The van der Waals surface area contributed by atoms with Gasteiger partial charge in [0.2, 0.25) is 0 Å². The molecule has 2 unspecified atom stereocenters. The zero-order chi connectivity index (χ0) is 13.9. The molecule has 20 heavy (non-hydrogen) atoms. The lowest BCUT2D eigenvalue weighted by atomic mass is 9.91. The first kappa shape index (κ1) is 13.9. The van der Waals surface area contributed by atoms with Crippen molar-refractivity contribution in [2.45, 2.75) is 52.0 Å². The summed E-state index contributed by atoms with van der Waals surface area (Å²) in [6.45, 7) is 6.60. The van der Waals surface area contributed by atoms with Gasteiger partial charge in [-0.05, 0) is 61.3 Å². The van der Waals surface area contributed by atoms with Crippen LogP contribution in [0.5, 0.6) is 5.75 Å². The molecule has 2 atom stereocenters. The Hall–Kier alpha value is -1.02. The van der Waals surface area contributed by atoms with Gasteiger partial charge in [-0.25, -0.2) is 0 Å². The van der Waals surface area contributed by atoms with Gasteiger partial charge in [-0.2, -0.15) is 0 Å². The van der Waals surface area contributed by atoms with Crippen molar-refractivity contribution in [2.75, 3.05) is 13.2 Å². The summed E-state index contributed by atoms with van der Waals surface area (Å²) in [5.41, 5.74) is 2.87. The topological polar surface area (TPSA) is 21.3 Å². The van der Waals surface area contributed by atoms with E-state index in [-0.39, 0.29) is 0 Å². The van der Waals surface area contributed by atoms with Crippen molar-refractivity contribution in [3.8, 4) is 5.75 Å². The van der Waals surface area contributed by atoms with Crippen LogP contribution in [0.2, 0.25) is 0 Å². The molecule has 0 aromatic heterocycles. The zero-order valence-electron chi connectivity index (χ0n) is 12.8. The molecule has 1 saturated carbocycles. The minimum atomic E-state index is 0.678. The van der Waals surface area contributed by atoms with Crippen LogP contribution in [0.15, 0.2) is 18.2 Å². The predicted molar refractivity (Wildman–Crippen MR) is 83.3 cm³/mol. The molecular formula is C18H27NO. The Balaban J connectivity index is 1.58. The van der Waals surface area contributed by atoms with Crippen LogP contribution in [0.4, 0.5) is 0 Å². The Kier molecular flexibility index (Phi) is 4.30. The van der Waals surface area contributed by atoms with E-state index in [0.29, 0.717) is 6.04 Å². The van der Waals surface area contributed by atoms with Gasteiger partial charge in [-0.3, -0.25) is 0 Å². The Morgan fingerprint density at radius 1 is 1.35 bits per heavy atom. The normalized spacial score (nSPS) is 20.3. The summed E-state index contributed by atoms with van der Waals surface area (Å²) in [5.74, 6) is 2.91. The highest BCUT2D eigenvalue weighted by Gasteiger charge is 2.32. The van der Waals surface area contributed by atoms with E-state index in [0.717, 1.165) is 37.2 Å². The minimum Gasteiger partial charge on any atom is -0.493 e. The number of hydrogen-bond donors (Lipinski definition) is 1. The summed E-state index contributed by atoms with van der Waals surface area (Å²) in [6, 6.07) is 7.43. The van der Waals surface area contributed by atoms with Gasteiger partial charge in [-0.1, -0.05) is 26.0 Å². The zero-order valence-corrected chi connectivity index (χ0v) is 12.8. The SMILES string of the molecule is CCNC(CCc1ccc2c(c1)CCO2)C(C)C1CC1. The van der Waals surface area contributed by atoms with Crippen molar-refractivity contribution in [1.29, 1.82) is 0 Å². The maximum Gasteiger partial charge on any atom is 0.122 e. The van der Waals surface area contributed by atoms with E-state index in [1.807, 2.05) is 0 Å². The van der Waals surface area contributed by atoms with E-state index in [9.17, 15) is 0 Å².